The number of Topliss-reactive ketones (excluding diaryl/α,β-unsaturated/α-hetero) is 1. The van der Waals surface area contributed by atoms with Crippen LogP contribution in [0, 0.1) is 12.3 Å². The van der Waals surface area contributed by atoms with E-state index in [1.54, 1.807) is 12.2 Å². The molecule has 0 saturated carbocycles. The molecular weight excluding hydrogens is 308 g/mol. The summed E-state index contributed by atoms with van der Waals surface area (Å²) in [6, 6.07) is 0. The summed E-state index contributed by atoms with van der Waals surface area (Å²) in [6.45, 7) is 2.04. The average Bonchev–Trinajstić information content (AvgIpc) is 2.38. The molecule has 1 saturated heterocycles. The summed E-state index contributed by atoms with van der Waals surface area (Å²) in [7, 11) is 0. The van der Waals surface area contributed by atoms with Crippen molar-refractivity contribution in [2.24, 2.45) is 0 Å². The zero-order chi connectivity index (χ0) is 14.3. The lowest BCUT2D eigenvalue weighted by Crippen LogP contribution is -2.45. The third-order valence-electron chi connectivity index (χ3n) is 3.28. The van der Waals surface area contributed by atoms with E-state index in [-0.39, 0.29) is 29.2 Å². The first kappa shape index (κ1) is 16.4. The molecule has 1 aliphatic rings. The molecular formula is C15H21BrO3. The Balaban J connectivity index is 2.40. The number of halogens is 1. The van der Waals surface area contributed by atoms with Gasteiger partial charge >= 0.3 is 0 Å². The van der Waals surface area contributed by atoms with E-state index in [0.717, 1.165) is 6.42 Å². The van der Waals surface area contributed by atoms with Gasteiger partial charge in [0.1, 0.15) is 5.78 Å². The maximum Gasteiger partial charge on any atom is 0.135 e. The van der Waals surface area contributed by atoms with Gasteiger partial charge in [-0.1, -0.05) is 34.9 Å². The van der Waals surface area contributed by atoms with Crippen LogP contribution < -0.4 is 0 Å². The third-order valence-corrected chi connectivity index (χ3v) is 4.25. The Kier molecular flexibility index (Phi) is 7.37. The van der Waals surface area contributed by atoms with Crippen LogP contribution in [-0.2, 0) is 9.53 Å². The third kappa shape index (κ3) is 5.48. The van der Waals surface area contributed by atoms with Gasteiger partial charge in [0.15, 0.2) is 0 Å². The Labute approximate surface area is 123 Å². The molecule has 1 fully saturated rings. The number of carbonyl (C=O) groups is 1. The summed E-state index contributed by atoms with van der Waals surface area (Å²) in [5.41, 5.74) is 0. The summed E-state index contributed by atoms with van der Waals surface area (Å²) < 4.78 is 5.79. The van der Waals surface area contributed by atoms with Crippen molar-refractivity contribution in [3.05, 3.63) is 12.2 Å². The monoisotopic (exact) mass is 328 g/mol. The smallest absolute Gasteiger partial charge is 0.135 e. The van der Waals surface area contributed by atoms with Crippen molar-refractivity contribution in [1.29, 1.82) is 0 Å². The summed E-state index contributed by atoms with van der Waals surface area (Å²) in [6.07, 6.45) is 10.5. The summed E-state index contributed by atoms with van der Waals surface area (Å²) in [5.74, 6) is 2.49. The number of rotatable bonds is 6. The molecule has 0 aromatic rings. The molecule has 106 valence electrons. The molecule has 1 N–H and O–H groups in total. The fraction of sp³-hybridized carbons (Fsp3) is 0.667. The van der Waals surface area contributed by atoms with Crippen LogP contribution in [0.2, 0.25) is 0 Å². The maximum absolute atomic E-state index is 11.8. The topological polar surface area (TPSA) is 46.5 Å². The highest BCUT2D eigenvalue weighted by Crippen LogP contribution is 2.29. The van der Waals surface area contributed by atoms with E-state index in [1.807, 2.05) is 6.92 Å². The minimum atomic E-state index is -0.572. The van der Waals surface area contributed by atoms with Gasteiger partial charge in [-0.25, -0.2) is 0 Å². The Morgan fingerprint density at radius 1 is 1.58 bits per heavy atom. The number of terminal acetylenes is 1. The van der Waals surface area contributed by atoms with Crippen LogP contribution >= 0.6 is 15.9 Å². The zero-order valence-electron chi connectivity index (χ0n) is 11.2. The van der Waals surface area contributed by atoms with Gasteiger partial charge in [-0.2, -0.15) is 0 Å². The molecule has 1 heterocycles. The van der Waals surface area contributed by atoms with Crippen LogP contribution in [0.25, 0.3) is 0 Å². The number of aliphatic hydroxyl groups excluding tert-OH is 1. The van der Waals surface area contributed by atoms with Crippen molar-refractivity contribution in [1.82, 2.24) is 0 Å². The molecule has 0 bridgehead atoms. The number of allylic oxidation sites excluding steroid dienone is 2. The molecule has 0 aliphatic carbocycles. The van der Waals surface area contributed by atoms with Crippen molar-refractivity contribution >= 4 is 21.7 Å². The van der Waals surface area contributed by atoms with E-state index in [0.29, 0.717) is 19.3 Å². The molecule has 2 unspecified atom stereocenters. The molecule has 0 aromatic heterocycles. The van der Waals surface area contributed by atoms with Gasteiger partial charge in [-0.15, -0.1) is 6.42 Å². The van der Waals surface area contributed by atoms with Gasteiger partial charge in [-0.05, 0) is 25.3 Å². The first-order chi connectivity index (χ1) is 9.08. The minimum absolute atomic E-state index is 0.0718. The zero-order valence-corrected chi connectivity index (χ0v) is 12.8. The number of aliphatic hydroxyl groups is 1. The van der Waals surface area contributed by atoms with Crippen LogP contribution in [0.1, 0.15) is 39.0 Å². The van der Waals surface area contributed by atoms with Crippen LogP contribution in [0.3, 0.4) is 0 Å². The number of ketones is 1. The van der Waals surface area contributed by atoms with E-state index >= 15 is 0 Å². The lowest BCUT2D eigenvalue weighted by molar-refractivity contribution is -0.137. The van der Waals surface area contributed by atoms with Crippen molar-refractivity contribution in [2.75, 3.05) is 0 Å². The molecule has 19 heavy (non-hydrogen) atoms. The minimum Gasteiger partial charge on any atom is -0.390 e. The van der Waals surface area contributed by atoms with E-state index in [9.17, 15) is 9.90 Å². The number of ether oxygens (including phenoxy) is 1. The molecule has 4 heteroatoms. The second kappa shape index (κ2) is 8.52. The van der Waals surface area contributed by atoms with Gasteiger partial charge in [0, 0.05) is 17.7 Å². The van der Waals surface area contributed by atoms with Gasteiger partial charge < -0.3 is 9.84 Å². The second-order valence-corrected chi connectivity index (χ2v) is 5.97. The quantitative estimate of drug-likeness (QED) is 0.602. The predicted octanol–water partition coefficient (Wildman–Crippen LogP) is 2.61. The molecule has 4 atom stereocenters. The normalized spacial score (nSPS) is 31.3. The molecule has 1 rings (SSSR count). The number of alkyl halides is 1. The highest BCUT2D eigenvalue weighted by Gasteiger charge is 2.35. The molecule has 0 spiro atoms. The summed E-state index contributed by atoms with van der Waals surface area (Å²) >= 11 is 3.51. The highest BCUT2D eigenvalue weighted by atomic mass is 79.9. The Bertz CT molecular complexity index is 359. The van der Waals surface area contributed by atoms with Crippen LogP contribution in [0.4, 0.5) is 0 Å². The lowest BCUT2D eigenvalue weighted by atomic mass is 9.95. The SMILES string of the molecule is C#C/C=C\CCC(=O)CC1O[C@H](CC)[C@@H](Br)CC1O. The molecule has 0 radical (unpaired) electrons. The highest BCUT2D eigenvalue weighted by molar-refractivity contribution is 9.09. The molecule has 1 aliphatic heterocycles. The van der Waals surface area contributed by atoms with E-state index in [2.05, 4.69) is 21.9 Å². The Morgan fingerprint density at radius 3 is 2.95 bits per heavy atom. The molecule has 0 aromatic carbocycles. The number of hydrogen-bond acceptors (Lipinski definition) is 3. The van der Waals surface area contributed by atoms with Crippen LogP contribution in [0.5, 0.6) is 0 Å². The fourth-order valence-corrected chi connectivity index (χ4v) is 3.07. The Hall–Kier alpha value is -0.630. The van der Waals surface area contributed by atoms with Crippen LogP contribution in [-0.4, -0.2) is 34.0 Å². The van der Waals surface area contributed by atoms with Crippen LogP contribution in [0.15, 0.2) is 12.2 Å². The van der Waals surface area contributed by atoms with Crippen molar-refractivity contribution in [2.45, 2.75) is 62.2 Å². The Morgan fingerprint density at radius 2 is 2.32 bits per heavy atom. The number of hydrogen-bond donors (Lipinski definition) is 1. The maximum atomic E-state index is 11.8. The average molecular weight is 329 g/mol. The predicted molar refractivity (Wildman–Crippen MR) is 79.1 cm³/mol. The lowest BCUT2D eigenvalue weighted by Gasteiger charge is -2.36. The van der Waals surface area contributed by atoms with E-state index in [4.69, 9.17) is 11.2 Å². The molecule has 0 amide bonds. The largest absolute Gasteiger partial charge is 0.390 e. The van der Waals surface area contributed by atoms with Crippen molar-refractivity contribution < 1.29 is 14.6 Å². The van der Waals surface area contributed by atoms with E-state index in [1.165, 1.54) is 0 Å². The molecule has 3 nitrogen and oxygen atoms in total. The summed E-state index contributed by atoms with van der Waals surface area (Å²) in [5, 5.41) is 9.96. The first-order valence-electron chi connectivity index (χ1n) is 6.68. The van der Waals surface area contributed by atoms with Gasteiger partial charge in [0.2, 0.25) is 0 Å². The number of carbonyl (C=O) groups excluding carboxylic acids is 1. The van der Waals surface area contributed by atoms with Crippen molar-refractivity contribution in [3.8, 4) is 12.3 Å². The summed E-state index contributed by atoms with van der Waals surface area (Å²) in [4.78, 5) is 12.0. The van der Waals surface area contributed by atoms with E-state index < -0.39 is 6.10 Å². The first-order valence-corrected chi connectivity index (χ1v) is 7.60. The van der Waals surface area contributed by atoms with Gasteiger partial charge in [0.25, 0.3) is 0 Å². The van der Waals surface area contributed by atoms with Crippen molar-refractivity contribution in [3.63, 3.8) is 0 Å². The van der Waals surface area contributed by atoms with Gasteiger partial charge in [0.05, 0.1) is 18.3 Å². The standard InChI is InChI=1S/C15H21BrO3/c1-3-5-6-7-8-11(17)9-15-13(18)10-12(16)14(4-2)19-15/h1,5-6,12-15,18H,4,7-10H2,2H3/b6-5-/t12-,13?,14+,15?/m0/s1. The second-order valence-electron chi connectivity index (χ2n) is 4.79. The van der Waals surface area contributed by atoms with Gasteiger partial charge in [-0.3, -0.25) is 4.79 Å². The fourth-order valence-electron chi connectivity index (χ4n) is 2.19.